The Morgan fingerprint density at radius 2 is 1.85 bits per heavy atom. The lowest BCUT2D eigenvalue weighted by atomic mass is 10.1. The second-order valence-corrected chi connectivity index (χ2v) is 11.5. The Bertz CT molecular complexity index is 1490. The van der Waals surface area contributed by atoms with Gasteiger partial charge < -0.3 is 33.9 Å². The fourth-order valence-corrected chi connectivity index (χ4v) is 4.58. The number of rotatable bonds is 10. The van der Waals surface area contributed by atoms with E-state index in [9.17, 15) is 22.8 Å². The third-order valence-electron chi connectivity index (χ3n) is 6.61. The van der Waals surface area contributed by atoms with Crippen LogP contribution in [0.25, 0.3) is 5.69 Å². The number of alkyl halides is 3. The number of hydrogen-bond donors (Lipinski definition) is 2. The third-order valence-corrected chi connectivity index (χ3v) is 6.61. The van der Waals surface area contributed by atoms with Crippen molar-refractivity contribution in [1.29, 1.82) is 0 Å². The van der Waals surface area contributed by atoms with E-state index in [1.165, 1.54) is 30.0 Å². The number of carbonyl (C=O) groups is 2. The minimum Gasteiger partial charge on any atom is -0.474 e. The van der Waals surface area contributed by atoms with E-state index in [0.29, 0.717) is 30.0 Å². The molecule has 3 amide bonds. The van der Waals surface area contributed by atoms with Crippen LogP contribution in [-0.4, -0.2) is 78.3 Å². The van der Waals surface area contributed by atoms with Crippen molar-refractivity contribution in [3.63, 3.8) is 0 Å². The summed E-state index contributed by atoms with van der Waals surface area (Å²) in [4.78, 5) is 27.2. The molecule has 1 atom stereocenters. The number of ether oxygens (including phenoxy) is 5. The molecule has 12 nitrogen and oxygen atoms in total. The topological polar surface area (TPSA) is 125 Å². The van der Waals surface area contributed by atoms with Crippen LogP contribution >= 0.6 is 0 Å². The lowest BCUT2D eigenvalue weighted by Gasteiger charge is -2.34. The summed E-state index contributed by atoms with van der Waals surface area (Å²) in [6, 6.07) is 12.4. The van der Waals surface area contributed by atoms with Crippen LogP contribution < -0.4 is 20.1 Å². The quantitative estimate of drug-likeness (QED) is 0.293. The molecule has 0 unspecified atom stereocenters. The maximum absolute atomic E-state index is 13.1. The first-order valence-electron chi connectivity index (χ1n) is 14.5. The van der Waals surface area contributed by atoms with Crippen molar-refractivity contribution in [2.24, 2.45) is 0 Å². The number of benzene rings is 2. The normalized spacial score (nSPS) is 15.3. The number of urea groups is 1. The Morgan fingerprint density at radius 1 is 1.11 bits per heavy atom. The van der Waals surface area contributed by atoms with Gasteiger partial charge in [-0.15, -0.1) is 18.3 Å². The summed E-state index contributed by atoms with van der Waals surface area (Å²) < 4.78 is 67.0. The maximum Gasteiger partial charge on any atom is 0.573 e. The number of carbonyl (C=O) groups excluding carboxylic acids is 2. The fourth-order valence-electron chi connectivity index (χ4n) is 4.58. The number of methoxy groups -OCH3 is 1. The molecule has 0 aliphatic carbocycles. The van der Waals surface area contributed by atoms with Gasteiger partial charge in [0.2, 0.25) is 5.88 Å². The predicted octanol–water partition coefficient (Wildman–Crippen LogP) is 5.56. The molecule has 250 valence electrons. The summed E-state index contributed by atoms with van der Waals surface area (Å²) in [5.41, 5.74) is 1.18. The lowest BCUT2D eigenvalue weighted by molar-refractivity contribution is -0.274. The number of nitrogens with zero attached hydrogens (tertiary/aromatic N) is 3. The standard InChI is InChI=1S/C31H38F3N5O7/c1-20-26(36-28(40)35-16-22-15-21(18-42-5)11-12-25(22)45-31(32,33)34)39(23-9-7-6-8-10-23)37-27(20)44-19-24-17-38(13-14-43-24)29(41)46-30(2,3)4/h6-12,15,24H,13-14,16-19H2,1-5H3,(H2,35,36,40)/t24-/m0/s1. The molecule has 1 aliphatic heterocycles. The number of anilines is 1. The molecule has 0 bridgehead atoms. The summed E-state index contributed by atoms with van der Waals surface area (Å²) in [6.45, 7) is 7.99. The molecule has 1 aromatic heterocycles. The highest BCUT2D eigenvalue weighted by Crippen LogP contribution is 2.30. The van der Waals surface area contributed by atoms with Gasteiger partial charge in [0.1, 0.15) is 29.9 Å². The molecule has 0 saturated carbocycles. The van der Waals surface area contributed by atoms with Gasteiger partial charge in [-0.2, -0.15) is 0 Å². The molecule has 1 fully saturated rings. The second-order valence-electron chi connectivity index (χ2n) is 11.5. The van der Waals surface area contributed by atoms with Gasteiger partial charge >= 0.3 is 18.5 Å². The molecule has 15 heteroatoms. The van der Waals surface area contributed by atoms with Crippen LogP contribution in [0.4, 0.5) is 28.6 Å². The average molecular weight is 650 g/mol. The highest BCUT2D eigenvalue weighted by Gasteiger charge is 2.32. The largest absolute Gasteiger partial charge is 0.573 e. The summed E-state index contributed by atoms with van der Waals surface area (Å²) in [7, 11) is 1.46. The smallest absolute Gasteiger partial charge is 0.474 e. The van der Waals surface area contributed by atoms with Crippen LogP contribution in [0.3, 0.4) is 0 Å². The molecular formula is C31H38F3N5O7. The molecule has 3 aromatic rings. The van der Waals surface area contributed by atoms with E-state index in [4.69, 9.17) is 18.9 Å². The van der Waals surface area contributed by atoms with Crippen molar-refractivity contribution >= 4 is 17.9 Å². The Kier molecular flexibility index (Phi) is 11.0. The second kappa shape index (κ2) is 14.7. The number of halogens is 3. The Balaban J connectivity index is 1.48. The number of amides is 3. The number of morpholine rings is 1. The van der Waals surface area contributed by atoms with Crippen molar-refractivity contribution < 1.29 is 46.4 Å². The zero-order chi connectivity index (χ0) is 33.5. The van der Waals surface area contributed by atoms with Crippen LogP contribution in [0.5, 0.6) is 11.6 Å². The lowest BCUT2D eigenvalue weighted by Crippen LogP contribution is -2.49. The van der Waals surface area contributed by atoms with Crippen LogP contribution in [0.2, 0.25) is 0 Å². The average Bonchev–Trinajstić information content (AvgIpc) is 3.29. The van der Waals surface area contributed by atoms with Crippen LogP contribution in [0.1, 0.15) is 37.5 Å². The molecule has 0 radical (unpaired) electrons. The van der Waals surface area contributed by atoms with Gasteiger partial charge in [-0.25, -0.2) is 14.3 Å². The van der Waals surface area contributed by atoms with Crippen molar-refractivity contribution in [2.45, 2.75) is 58.9 Å². The van der Waals surface area contributed by atoms with Gasteiger partial charge in [0.05, 0.1) is 31.0 Å². The molecule has 46 heavy (non-hydrogen) atoms. The first-order valence-corrected chi connectivity index (χ1v) is 14.5. The molecule has 4 rings (SSSR count). The maximum atomic E-state index is 13.1. The monoisotopic (exact) mass is 649 g/mol. The van der Waals surface area contributed by atoms with E-state index >= 15 is 0 Å². The minimum absolute atomic E-state index is 0.0668. The van der Waals surface area contributed by atoms with E-state index < -0.39 is 35.9 Å². The number of hydrogen-bond acceptors (Lipinski definition) is 8. The van der Waals surface area contributed by atoms with Gasteiger partial charge in [0.15, 0.2) is 0 Å². The Labute approximate surface area is 264 Å². The van der Waals surface area contributed by atoms with Crippen molar-refractivity contribution in [1.82, 2.24) is 20.0 Å². The Morgan fingerprint density at radius 3 is 2.52 bits per heavy atom. The van der Waals surface area contributed by atoms with E-state index in [0.717, 1.165) is 0 Å². The van der Waals surface area contributed by atoms with Crippen molar-refractivity contribution in [2.75, 3.05) is 38.7 Å². The predicted molar refractivity (Wildman–Crippen MR) is 161 cm³/mol. The first kappa shape index (κ1) is 34.4. The van der Waals surface area contributed by atoms with Crippen LogP contribution in [0.15, 0.2) is 48.5 Å². The summed E-state index contributed by atoms with van der Waals surface area (Å²) in [5.74, 6) is 0.0489. The molecule has 1 aliphatic rings. The molecule has 2 heterocycles. The molecule has 2 aromatic carbocycles. The highest BCUT2D eigenvalue weighted by atomic mass is 19.4. The van der Waals surface area contributed by atoms with E-state index in [-0.39, 0.29) is 43.6 Å². The van der Waals surface area contributed by atoms with Crippen LogP contribution in [-0.2, 0) is 27.4 Å². The zero-order valence-corrected chi connectivity index (χ0v) is 26.3. The number of nitrogens with one attached hydrogen (secondary N) is 2. The highest BCUT2D eigenvalue weighted by molar-refractivity contribution is 5.89. The minimum atomic E-state index is -4.91. The summed E-state index contributed by atoms with van der Waals surface area (Å²) in [6.07, 6.45) is -5.80. The van der Waals surface area contributed by atoms with Crippen LogP contribution in [0, 0.1) is 6.92 Å². The van der Waals surface area contributed by atoms with E-state index in [2.05, 4.69) is 20.5 Å². The first-order chi connectivity index (χ1) is 21.7. The number of aromatic nitrogens is 2. The van der Waals surface area contributed by atoms with Gasteiger partial charge in [0.25, 0.3) is 0 Å². The Hall–Kier alpha value is -4.50. The zero-order valence-electron chi connectivity index (χ0n) is 26.3. The summed E-state index contributed by atoms with van der Waals surface area (Å²) >= 11 is 0. The molecule has 2 N–H and O–H groups in total. The molecule has 0 spiro atoms. The SMILES string of the molecule is COCc1ccc(OC(F)(F)F)c(CNC(=O)Nc2c(C)c(OC[C@@H]3CN(C(=O)OC(C)(C)C)CCO3)nn2-c2ccccc2)c1. The fraction of sp³-hybridized carbons (Fsp3) is 0.452. The van der Waals surface area contributed by atoms with Gasteiger partial charge in [-0.05, 0) is 57.5 Å². The van der Waals surface area contributed by atoms with Gasteiger partial charge in [0, 0.05) is 25.8 Å². The van der Waals surface area contributed by atoms with Gasteiger partial charge in [-0.1, -0.05) is 24.3 Å². The third kappa shape index (κ3) is 9.75. The van der Waals surface area contributed by atoms with Gasteiger partial charge in [-0.3, -0.25) is 5.32 Å². The van der Waals surface area contributed by atoms with Crippen molar-refractivity contribution in [3.8, 4) is 17.3 Å². The van der Waals surface area contributed by atoms with E-state index in [1.54, 1.807) is 56.9 Å². The summed E-state index contributed by atoms with van der Waals surface area (Å²) in [5, 5.41) is 9.88. The van der Waals surface area contributed by atoms with E-state index in [1.807, 2.05) is 6.07 Å². The van der Waals surface area contributed by atoms with Crippen molar-refractivity contribution in [3.05, 3.63) is 65.2 Å². The molecular weight excluding hydrogens is 611 g/mol. The molecule has 1 saturated heterocycles. The number of para-hydroxylation sites is 1.